The lowest BCUT2D eigenvalue weighted by Crippen LogP contribution is -2.49. The van der Waals surface area contributed by atoms with E-state index in [2.05, 4.69) is 4.90 Å². The molecule has 0 aliphatic carbocycles. The topological polar surface area (TPSA) is 60.9 Å². The third-order valence-electron chi connectivity index (χ3n) is 3.18. The van der Waals surface area contributed by atoms with Crippen molar-refractivity contribution in [1.82, 2.24) is 9.80 Å². The second-order valence-corrected chi connectivity index (χ2v) is 4.63. The van der Waals surface area contributed by atoms with Crippen LogP contribution in [0.15, 0.2) is 0 Å². The van der Waals surface area contributed by atoms with Crippen LogP contribution in [0, 0.1) is 11.8 Å². The molecule has 2 heterocycles. The van der Waals surface area contributed by atoms with Gasteiger partial charge in [-0.2, -0.15) is 0 Å². The third-order valence-corrected chi connectivity index (χ3v) is 3.18. The van der Waals surface area contributed by atoms with Gasteiger partial charge in [0.25, 0.3) is 0 Å². The Morgan fingerprint density at radius 3 is 2.60 bits per heavy atom. The van der Waals surface area contributed by atoms with E-state index < -0.39 is 11.9 Å². The zero-order valence-corrected chi connectivity index (χ0v) is 8.85. The molecule has 5 heteroatoms. The summed E-state index contributed by atoms with van der Waals surface area (Å²) in [6.45, 7) is 3.16. The molecule has 1 atom stereocenters. The molecule has 2 aliphatic rings. The molecule has 2 fully saturated rings. The van der Waals surface area contributed by atoms with Crippen molar-refractivity contribution in [1.29, 1.82) is 0 Å². The molecule has 0 saturated carbocycles. The molecule has 0 radical (unpaired) electrons. The van der Waals surface area contributed by atoms with Crippen molar-refractivity contribution in [3.05, 3.63) is 0 Å². The van der Waals surface area contributed by atoms with Gasteiger partial charge in [-0.3, -0.25) is 9.59 Å². The molecular weight excluding hydrogens is 196 g/mol. The molecule has 0 bridgehead atoms. The first-order valence-corrected chi connectivity index (χ1v) is 5.25. The van der Waals surface area contributed by atoms with E-state index >= 15 is 0 Å². The Bertz CT molecular complexity index is 286. The Morgan fingerprint density at radius 2 is 2.13 bits per heavy atom. The number of carbonyl (C=O) groups is 2. The number of hydrogen-bond acceptors (Lipinski definition) is 3. The van der Waals surface area contributed by atoms with Crippen LogP contribution in [0.1, 0.15) is 6.42 Å². The predicted octanol–water partition coefficient (Wildman–Crippen LogP) is -0.519. The molecule has 2 rings (SSSR count). The van der Waals surface area contributed by atoms with Crippen molar-refractivity contribution in [3.63, 3.8) is 0 Å². The van der Waals surface area contributed by atoms with Crippen LogP contribution in [0.4, 0.5) is 0 Å². The third kappa shape index (κ3) is 2.12. The Morgan fingerprint density at radius 1 is 1.47 bits per heavy atom. The fourth-order valence-corrected chi connectivity index (χ4v) is 2.37. The van der Waals surface area contributed by atoms with Crippen LogP contribution in [-0.4, -0.2) is 60.0 Å². The molecule has 0 aromatic rings. The van der Waals surface area contributed by atoms with Gasteiger partial charge in [-0.25, -0.2) is 0 Å². The summed E-state index contributed by atoms with van der Waals surface area (Å²) in [5.74, 6) is -0.810. The number of amides is 1. The van der Waals surface area contributed by atoms with Crippen molar-refractivity contribution in [3.8, 4) is 0 Å². The quantitative estimate of drug-likeness (QED) is 0.684. The van der Waals surface area contributed by atoms with Crippen LogP contribution in [0.5, 0.6) is 0 Å². The van der Waals surface area contributed by atoms with E-state index in [4.69, 9.17) is 5.11 Å². The van der Waals surface area contributed by atoms with Gasteiger partial charge in [-0.05, 0) is 7.05 Å². The summed E-state index contributed by atoms with van der Waals surface area (Å²) >= 11 is 0. The molecule has 2 aliphatic heterocycles. The molecule has 2 saturated heterocycles. The second kappa shape index (κ2) is 3.81. The van der Waals surface area contributed by atoms with Crippen LogP contribution in [-0.2, 0) is 9.59 Å². The molecule has 1 unspecified atom stereocenters. The number of aliphatic carboxylic acids is 1. The van der Waals surface area contributed by atoms with Gasteiger partial charge in [0.15, 0.2) is 0 Å². The maximum Gasteiger partial charge on any atom is 0.308 e. The largest absolute Gasteiger partial charge is 0.481 e. The molecule has 1 N–H and O–H groups in total. The van der Waals surface area contributed by atoms with Crippen LogP contribution >= 0.6 is 0 Å². The number of carboxylic acids is 1. The molecular formula is C10H16N2O3. The normalized spacial score (nSPS) is 28.2. The minimum absolute atomic E-state index is 0.00282. The SMILES string of the molecule is CN1CC(CN2CC(C(=O)O)CC2=O)C1. The molecule has 0 aromatic heterocycles. The highest BCUT2D eigenvalue weighted by molar-refractivity contribution is 5.86. The summed E-state index contributed by atoms with van der Waals surface area (Å²) in [5.41, 5.74) is 0. The Labute approximate surface area is 88.6 Å². The molecule has 15 heavy (non-hydrogen) atoms. The van der Waals surface area contributed by atoms with E-state index in [1.165, 1.54) is 0 Å². The van der Waals surface area contributed by atoms with Gasteiger partial charge in [-0.1, -0.05) is 0 Å². The summed E-state index contributed by atoms with van der Waals surface area (Å²) in [7, 11) is 2.04. The number of hydrogen-bond donors (Lipinski definition) is 1. The number of nitrogens with zero attached hydrogens (tertiary/aromatic N) is 2. The van der Waals surface area contributed by atoms with Gasteiger partial charge < -0.3 is 14.9 Å². The lowest BCUT2D eigenvalue weighted by atomic mass is 10.0. The van der Waals surface area contributed by atoms with E-state index in [1.807, 2.05) is 7.05 Å². The predicted molar refractivity (Wildman–Crippen MR) is 53.3 cm³/mol. The van der Waals surface area contributed by atoms with E-state index in [1.54, 1.807) is 4.90 Å². The first kappa shape index (κ1) is 10.4. The Kier molecular flexibility index (Phi) is 2.65. The van der Waals surface area contributed by atoms with Crippen LogP contribution in [0.2, 0.25) is 0 Å². The molecule has 5 nitrogen and oxygen atoms in total. The number of rotatable bonds is 3. The van der Waals surface area contributed by atoms with Crippen molar-refractivity contribution in [2.45, 2.75) is 6.42 Å². The number of likely N-dealkylation sites (tertiary alicyclic amines) is 2. The van der Waals surface area contributed by atoms with Crippen LogP contribution in [0.3, 0.4) is 0 Å². The highest BCUT2D eigenvalue weighted by atomic mass is 16.4. The Balaban J connectivity index is 1.83. The zero-order chi connectivity index (χ0) is 11.0. The first-order valence-electron chi connectivity index (χ1n) is 5.25. The van der Waals surface area contributed by atoms with Crippen molar-refractivity contribution >= 4 is 11.9 Å². The maximum atomic E-state index is 11.5. The summed E-state index contributed by atoms with van der Waals surface area (Å²) in [6, 6.07) is 0. The highest BCUT2D eigenvalue weighted by Crippen LogP contribution is 2.22. The fraction of sp³-hybridized carbons (Fsp3) is 0.800. The maximum absolute atomic E-state index is 11.5. The summed E-state index contributed by atoms with van der Waals surface area (Å²) in [5, 5.41) is 8.81. The lowest BCUT2D eigenvalue weighted by Gasteiger charge is -2.38. The summed E-state index contributed by atoms with van der Waals surface area (Å²) in [4.78, 5) is 26.1. The van der Waals surface area contributed by atoms with Crippen molar-refractivity contribution in [2.24, 2.45) is 11.8 Å². The lowest BCUT2D eigenvalue weighted by molar-refractivity contribution is -0.141. The van der Waals surface area contributed by atoms with E-state index in [-0.39, 0.29) is 12.3 Å². The number of carbonyl (C=O) groups excluding carboxylic acids is 1. The first-order chi connectivity index (χ1) is 7.06. The standard InChI is InChI=1S/C10H16N2O3/c1-11-3-7(4-11)5-12-6-8(10(14)15)2-9(12)13/h7-8H,2-6H2,1H3,(H,14,15). The van der Waals surface area contributed by atoms with Gasteiger partial charge in [0, 0.05) is 38.5 Å². The summed E-state index contributed by atoms with van der Waals surface area (Å²) < 4.78 is 0. The molecule has 0 aromatic carbocycles. The van der Waals surface area contributed by atoms with Crippen LogP contribution < -0.4 is 0 Å². The van der Waals surface area contributed by atoms with Crippen molar-refractivity contribution < 1.29 is 14.7 Å². The average Bonchev–Trinajstić information content (AvgIpc) is 2.45. The van der Waals surface area contributed by atoms with Crippen molar-refractivity contribution in [2.75, 3.05) is 33.2 Å². The smallest absolute Gasteiger partial charge is 0.308 e. The van der Waals surface area contributed by atoms with Gasteiger partial charge in [0.1, 0.15) is 0 Å². The van der Waals surface area contributed by atoms with E-state index in [0.717, 1.165) is 19.6 Å². The second-order valence-electron chi connectivity index (χ2n) is 4.63. The van der Waals surface area contributed by atoms with Gasteiger partial charge in [0.05, 0.1) is 5.92 Å². The zero-order valence-electron chi connectivity index (χ0n) is 8.85. The highest BCUT2D eigenvalue weighted by Gasteiger charge is 2.36. The molecule has 0 spiro atoms. The van der Waals surface area contributed by atoms with Gasteiger partial charge in [-0.15, -0.1) is 0 Å². The average molecular weight is 212 g/mol. The van der Waals surface area contributed by atoms with Gasteiger partial charge in [0.2, 0.25) is 5.91 Å². The van der Waals surface area contributed by atoms with E-state index in [9.17, 15) is 9.59 Å². The minimum Gasteiger partial charge on any atom is -0.481 e. The molecule has 84 valence electrons. The minimum atomic E-state index is -0.850. The van der Waals surface area contributed by atoms with Gasteiger partial charge >= 0.3 is 5.97 Å². The number of carboxylic acid groups (broad SMARTS) is 1. The van der Waals surface area contributed by atoms with Crippen LogP contribution in [0.25, 0.3) is 0 Å². The molecule has 1 amide bonds. The summed E-state index contributed by atoms with van der Waals surface area (Å²) in [6.07, 6.45) is 0.178. The monoisotopic (exact) mass is 212 g/mol. The Hall–Kier alpha value is -1.10. The van der Waals surface area contributed by atoms with E-state index in [0.29, 0.717) is 12.5 Å². The fourth-order valence-electron chi connectivity index (χ4n) is 2.37.